The molecule has 164 valence electrons. The van der Waals surface area contributed by atoms with Gasteiger partial charge >= 0.3 is 0 Å². The number of hydrogen-bond acceptors (Lipinski definition) is 3. The first-order valence-corrected chi connectivity index (χ1v) is 11.5. The second-order valence-electron chi connectivity index (χ2n) is 9.21. The van der Waals surface area contributed by atoms with Crippen LogP contribution in [-0.4, -0.2) is 52.8 Å². The third-order valence-corrected chi connectivity index (χ3v) is 7.06. The van der Waals surface area contributed by atoms with Crippen molar-refractivity contribution in [3.05, 3.63) is 54.4 Å². The van der Waals surface area contributed by atoms with Gasteiger partial charge in [-0.15, -0.1) is 0 Å². The Morgan fingerprint density at radius 3 is 2.55 bits per heavy atom. The van der Waals surface area contributed by atoms with Gasteiger partial charge in [-0.2, -0.15) is 0 Å². The molecule has 5 heteroatoms. The van der Waals surface area contributed by atoms with E-state index in [1.165, 1.54) is 0 Å². The van der Waals surface area contributed by atoms with Crippen LogP contribution < -0.4 is 0 Å². The van der Waals surface area contributed by atoms with Crippen LogP contribution in [0.3, 0.4) is 0 Å². The Morgan fingerprint density at radius 1 is 1.16 bits per heavy atom. The number of aromatic nitrogens is 1. The molecular weight excluding hydrogens is 386 g/mol. The number of rotatable bonds is 7. The summed E-state index contributed by atoms with van der Waals surface area (Å²) in [6.45, 7) is 8.79. The lowest BCUT2D eigenvalue weighted by atomic mass is 9.79. The van der Waals surface area contributed by atoms with E-state index in [-0.39, 0.29) is 17.7 Å². The molecule has 0 N–H and O–H groups in total. The molecule has 1 aromatic heterocycles. The lowest BCUT2D eigenvalue weighted by Crippen LogP contribution is -2.47. The van der Waals surface area contributed by atoms with Crippen LogP contribution in [0.4, 0.5) is 0 Å². The third kappa shape index (κ3) is 4.36. The molecule has 1 saturated heterocycles. The summed E-state index contributed by atoms with van der Waals surface area (Å²) in [5.74, 6) is 1.07. The second-order valence-corrected chi connectivity index (χ2v) is 9.21. The zero-order valence-electron chi connectivity index (χ0n) is 18.9. The Bertz CT molecular complexity index is 941. The van der Waals surface area contributed by atoms with Gasteiger partial charge in [-0.05, 0) is 61.8 Å². The van der Waals surface area contributed by atoms with Gasteiger partial charge in [0.15, 0.2) is 0 Å². The Labute approximate surface area is 185 Å². The Hall–Kier alpha value is -2.69. The average Bonchev–Trinajstić information content (AvgIpc) is 3.38. The van der Waals surface area contributed by atoms with Crippen molar-refractivity contribution in [3.8, 4) is 11.1 Å². The number of likely N-dealkylation sites (tertiary alicyclic amines) is 1. The quantitative estimate of drug-likeness (QED) is 0.681. The van der Waals surface area contributed by atoms with Crippen molar-refractivity contribution in [2.45, 2.75) is 40.0 Å². The van der Waals surface area contributed by atoms with Gasteiger partial charge in [-0.25, -0.2) is 0 Å². The summed E-state index contributed by atoms with van der Waals surface area (Å²) in [4.78, 5) is 34.7. The van der Waals surface area contributed by atoms with Gasteiger partial charge in [0, 0.05) is 44.5 Å². The van der Waals surface area contributed by atoms with E-state index in [9.17, 15) is 9.59 Å². The van der Waals surface area contributed by atoms with E-state index in [1.807, 2.05) is 35.9 Å². The molecule has 0 unspecified atom stereocenters. The second kappa shape index (κ2) is 8.81. The molecule has 2 fully saturated rings. The molecule has 0 bridgehead atoms. The molecule has 1 aromatic carbocycles. The maximum Gasteiger partial charge on any atom is 0.230 e. The summed E-state index contributed by atoms with van der Waals surface area (Å²) in [6.07, 6.45) is 6.00. The molecule has 4 rings (SSSR count). The molecule has 1 aliphatic carbocycles. The summed E-state index contributed by atoms with van der Waals surface area (Å²) < 4.78 is 0. The minimum atomic E-state index is -0.548. The number of nitrogens with zero attached hydrogens (tertiary/aromatic N) is 3. The fraction of sp³-hybridized carbons (Fsp3) is 0.500. The SMILES string of the molecule is CCN(CC)C(=O)[C@]1(Cc2cccc(-c3cccnc3)c2)CCN(C(=O)[C@H]2C[C@@H]2C)C1. The highest BCUT2D eigenvalue weighted by atomic mass is 16.2. The van der Waals surface area contributed by atoms with Crippen molar-refractivity contribution in [1.29, 1.82) is 0 Å². The third-order valence-electron chi connectivity index (χ3n) is 7.06. The molecule has 5 nitrogen and oxygen atoms in total. The normalized spacial score (nSPS) is 24.8. The average molecular weight is 420 g/mol. The van der Waals surface area contributed by atoms with E-state index in [1.54, 1.807) is 6.20 Å². The van der Waals surface area contributed by atoms with E-state index >= 15 is 0 Å². The first kappa shape index (κ1) is 21.5. The Balaban J connectivity index is 1.61. The minimum absolute atomic E-state index is 0.160. The summed E-state index contributed by atoms with van der Waals surface area (Å²) in [6, 6.07) is 12.4. The summed E-state index contributed by atoms with van der Waals surface area (Å²) in [7, 11) is 0. The predicted octanol–water partition coefficient (Wildman–Crippen LogP) is 4.03. The van der Waals surface area contributed by atoms with Crippen LogP contribution in [0.2, 0.25) is 0 Å². The number of carbonyl (C=O) groups is 2. The zero-order chi connectivity index (χ0) is 22.0. The van der Waals surface area contributed by atoms with E-state index in [2.05, 4.69) is 42.2 Å². The molecule has 2 heterocycles. The number of amides is 2. The van der Waals surface area contributed by atoms with Gasteiger partial charge in [0.25, 0.3) is 0 Å². The highest BCUT2D eigenvalue weighted by Gasteiger charge is 2.50. The fourth-order valence-corrected chi connectivity index (χ4v) is 4.99. The summed E-state index contributed by atoms with van der Waals surface area (Å²) in [5.41, 5.74) is 2.76. The minimum Gasteiger partial charge on any atom is -0.343 e. The van der Waals surface area contributed by atoms with Gasteiger partial charge in [0.2, 0.25) is 11.8 Å². The number of pyridine rings is 1. The Kier molecular flexibility index (Phi) is 6.12. The molecule has 2 aliphatic rings. The monoisotopic (exact) mass is 419 g/mol. The van der Waals surface area contributed by atoms with Crippen LogP contribution in [0.5, 0.6) is 0 Å². The van der Waals surface area contributed by atoms with Gasteiger partial charge in [0.05, 0.1) is 5.41 Å². The van der Waals surface area contributed by atoms with Crippen molar-refractivity contribution in [1.82, 2.24) is 14.8 Å². The van der Waals surface area contributed by atoms with Crippen LogP contribution in [0.15, 0.2) is 48.8 Å². The maximum atomic E-state index is 13.7. The van der Waals surface area contributed by atoms with Crippen LogP contribution in [0, 0.1) is 17.3 Å². The molecule has 0 radical (unpaired) electrons. The van der Waals surface area contributed by atoms with E-state index in [0.717, 1.165) is 29.5 Å². The lowest BCUT2D eigenvalue weighted by molar-refractivity contribution is -0.142. The largest absolute Gasteiger partial charge is 0.343 e. The first-order valence-electron chi connectivity index (χ1n) is 11.5. The maximum absolute atomic E-state index is 13.7. The fourth-order valence-electron chi connectivity index (χ4n) is 4.99. The number of carbonyl (C=O) groups excluding carboxylic acids is 2. The predicted molar refractivity (Wildman–Crippen MR) is 122 cm³/mol. The summed E-state index contributed by atoms with van der Waals surface area (Å²) >= 11 is 0. The molecule has 2 amide bonds. The number of hydrogen-bond donors (Lipinski definition) is 0. The first-order chi connectivity index (χ1) is 15.0. The molecular formula is C26H33N3O2. The Morgan fingerprint density at radius 2 is 1.90 bits per heavy atom. The van der Waals surface area contributed by atoms with Crippen molar-refractivity contribution >= 4 is 11.8 Å². The molecule has 0 spiro atoms. The molecule has 3 atom stereocenters. The zero-order valence-corrected chi connectivity index (χ0v) is 18.9. The smallest absolute Gasteiger partial charge is 0.230 e. The van der Waals surface area contributed by atoms with Crippen LogP contribution in [0.25, 0.3) is 11.1 Å². The lowest BCUT2D eigenvalue weighted by Gasteiger charge is -2.34. The van der Waals surface area contributed by atoms with Gasteiger partial charge in [-0.1, -0.05) is 37.3 Å². The van der Waals surface area contributed by atoms with Gasteiger partial charge < -0.3 is 9.80 Å². The van der Waals surface area contributed by atoms with Crippen LogP contribution in [0.1, 0.15) is 39.2 Å². The van der Waals surface area contributed by atoms with Crippen molar-refractivity contribution in [2.24, 2.45) is 17.3 Å². The van der Waals surface area contributed by atoms with E-state index in [4.69, 9.17) is 0 Å². The van der Waals surface area contributed by atoms with Gasteiger partial charge in [-0.3, -0.25) is 14.6 Å². The highest BCUT2D eigenvalue weighted by molar-refractivity contribution is 5.87. The van der Waals surface area contributed by atoms with E-state index in [0.29, 0.717) is 38.5 Å². The molecule has 2 aromatic rings. The van der Waals surface area contributed by atoms with Crippen LogP contribution >= 0.6 is 0 Å². The topological polar surface area (TPSA) is 53.5 Å². The van der Waals surface area contributed by atoms with Crippen molar-refractivity contribution in [2.75, 3.05) is 26.2 Å². The van der Waals surface area contributed by atoms with Crippen molar-refractivity contribution in [3.63, 3.8) is 0 Å². The summed E-state index contributed by atoms with van der Waals surface area (Å²) in [5, 5.41) is 0. The van der Waals surface area contributed by atoms with Crippen molar-refractivity contribution < 1.29 is 9.59 Å². The molecule has 31 heavy (non-hydrogen) atoms. The standard InChI is InChI=1S/C26H33N3O2/c1-4-28(5-2)25(31)26(11-13-29(18-26)24(30)23-14-19(23)3)16-20-8-6-9-21(15-20)22-10-7-12-27-17-22/h6-10,12,15,17,19,23H,4-5,11,13-14,16,18H2,1-3H3/t19-,23-,26-/m0/s1. The molecule has 1 aliphatic heterocycles. The molecule has 1 saturated carbocycles. The van der Waals surface area contributed by atoms with Crippen LogP contribution in [-0.2, 0) is 16.0 Å². The van der Waals surface area contributed by atoms with E-state index < -0.39 is 5.41 Å². The highest BCUT2D eigenvalue weighted by Crippen LogP contribution is 2.43. The number of benzene rings is 1. The van der Waals surface area contributed by atoms with Gasteiger partial charge in [0.1, 0.15) is 0 Å².